The maximum absolute atomic E-state index is 13.2. The predicted molar refractivity (Wildman–Crippen MR) is 106 cm³/mol. The van der Waals surface area contributed by atoms with Crippen LogP contribution in [-0.4, -0.2) is 49.0 Å². The average molecular weight is 419 g/mol. The number of sulfonamides is 1. The first kappa shape index (κ1) is 20.9. The summed E-state index contributed by atoms with van der Waals surface area (Å²) in [5, 5.41) is 3.97. The molecule has 1 aromatic carbocycles. The largest absolute Gasteiger partial charge is 0.356 e. The molecule has 0 spiro atoms. The van der Waals surface area contributed by atoms with Crippen LogP contribution in [0.4, 0.5) is 10.3 Å². The van der Waals surface area contributed by atoms with Crippen LogP contribution in [0.3, 0.4) is 0 Å². The minimum absolute atomic E-state index is 0.00321. The molecule has 2 heterocycles. The number of aromatic nitrogens is 3. The van der Waals surface area contributed by atoms with Gasteiger partial charge in [0.05, 0.1) is 28.4 Å². The number of halogens is 1. The third-order valence-corrected chi connectivity index (χ3v) is 6.37. The molecule has 3 rings (SSSR count). The zero-order valence-corrected chi connectivity index (χ0v) is 17.7. The summed E-state index contributed by atoms with van der Waals surface area (Å²) in [4.78, 5) is 10.6. The maximum atomic E-state index is 13.2. The van der Waals surface area contributed by atoms with Crippen LogP contribution in [0.15, 0.2) is 39.9 Å². The number of hydrogen-bond donors (Lipinski definition) is 0. The Morgan fingerprint density at radius 2 is 1.76 bits per heavy atom. The van der Waals surface area contributed by atoms with Crippen LogP contribution in [0.5, 0.6) is 0 Å². The lowest BCUT2D eigenvalue weighted by Crippen LogP contribution is -2.27. The molecule has 0 radical (unpaired) electrons. The van der Waals surface area contributed by atoms with Crippen LogP contribution >= 0.6 is 0 Å². The summed E-state index contributed by atoms with van der Waals surface area (Å²) in [6.45, 7) is 3.66. The van der Waals surface area contributed by atoms with Crippen molar-refractivity contribution in [1.29, 1.82) is 0 Å². The molecular formula is C19H22FN5O3S. The van der Waals surface area contributed by atoms with Crippen LogP contribution in [0.2, 0.25) is 0 Å². The van der Waals surface area contributed by atoms with Gasteiger partial charge in [-0.05, 0) is 38.1 Å². The quantitative estimate of drug-likeness (QED) is 0.607. The fourth-order valence-corrected chi connectivity index (χ4v) is 3.81. The fraction of sp³-hybridized carbons (Fsp3) is 0.316. The number of anilines is 1. The monoisotopic (exact) mass is 419 g/mol. The normalized spacial score (nSPS) is 11.8. The zero-order chi connectivity index (χ0) is 21.3. The molecule has 0 amide bonds. The lowest BCUT2D eigenvalue weighted by atomic mass is 10.1. The second kappa shape index (κ2) is 7.88. The molecule has 0 N–H and O–H groups in total. The second-order valence-electron chi connectivity index (χ2n) is 6.86. The minimum atomic E-state index is -3.84. The number of rotatable bonds is 6. The molecule has 2 aromatic heterocycles. The number of aryl methyl sites for hydroxylation is 1. The van der Waals surface area contributed by atoms with E-state index in [1.165, 1.54) is 19.2 Å². The van der Waals surface area contributed by atoms with Crippen molar-refractivity contribution >= 4 is 16.0 Å². The smallest absolute Gasteiger partial charge is 0.243 e. The molecule has 3 aromatic rings. The highest BCUT2D eigenvalue weighted by molar-refractivity contribution is 7.89. The van der Waals surface area contributed by atoms with Crippen LogP contribution in [-0.2, 0) is 16.6 Å². The third-order valence-electron chi connectivity index (χ3n) is 4.55. The Labute approximate surface area is 169 Å². The molecular weight excluding hydrogens is 397 g/mol. The molecule has 0 fully saturated rings. The van der Waals surface area contributed by atoms with Gasteiger partial charge in [0.1, 0.15) is 5.82 Å². The number of hydrogen-bond acceptors (Lipinski definition) is 7. The Kier molecular flexibility index (Phi) is 5.67. The molecule has 0 bridgehead atoms. The summed E-state index contributed by atoms with van der Waals surface area (Å²) in [7, 11) is 1.18. The van der Waals surface area contributed by atoms with Gasteiger partial charge in [-0.15, -0.1) is 0 Å². The fourth-order valence-electron chi connectivity index (χ4n) is 2.68. The van der Waals surface area contributed by atoms with Crippen molar-refractivity contribution in [2.75, 3.05) is 26.0 Å². The molecule has 0 unspecified atom stereocenters. The number of nitrogens with zero attached hydrogens (tertiary/aromatic N) is 5. The van der Waals surface area contributed by atoms with E-state index >= 15 is 0 Å². The van der Waals surface area contributed by atoms with Crippen LogP contribution in [0.1, 0.15) is 17.0 Å². The maximum Gasteiger partial charge on any atom is 0.243 e. The van der Waals surface area contributed by atoms with Gasteiger partial charge in [-0.3, -0.25) is 0 Å². The van der Waals surface area contributed by atoms with E-state index in [2.05, 4.69) is 15.1 Å². The summed E-state index contributed by atoms with van der Waals surface area (Å²) in [6, 6.07) is 4.69. The Bertz CT molecular complexity index is 1130. The van der Waals surface area contributed by atoms with E-state index in [9.17, 15) is 12.8 Å². The summed E-state index contributed by atoms with van der Waals surface area (Å²) < 4.78 is 45.6. The van der Waals surface area contributed by atoms with Crippen molar-refractivity contribution in [1.82, 2.24) is 19.4 Å². The summed E-state index contributed by atoms with van der Waals surface area (Å²) in [6.07, 6.45) is 1.60. The van der Waals surface area contributed by atoms with E-state index in [0.717, 1.165) is 27.7 Å². The topological polar surface area (TPSA) is 92.4 Å². The molecule has 0 saturated carbocycles. The van der Waals surface area contributed by atoms with Gasteiger partial charge in [-0.25, -0.2) is 22.8 Å². The van der Waals surface area contributed by atoms with Crippen molar-refractivity contribution in [3.05, 3.63) is 53.2 Å². The van der Waals surface area contributed by atoms with Gasteiger partial charge in [-0.1, -0.05) is 5.16 Å². The highest BCUT2D eigenvalue weighted by atomic mass is 32.2. The lowest BCUT2D eigenvalue weighted by molar-refractivity contribution is 0.424. The average Bonchev–Trinajstić information content (AvgIpc) is 3.00. The summed E-state index contributed by atoms with van der Waals surface area (Å²) in [5.41, 5.74) is 2.59. The van der Waals surface area contributed by atoms with Gasteiger partial charge in [0.25, 0.3) is 0 Å². The molecule has 10 heteroatoms. The van der Waals surface area contributed by atoms with E-state index in [1.54, 1.807) is 25.2 Å². The van der Waals surface area contributed by atoms with Crippen molar-refractivity contribution in [3.63, 3.8) is 0 Å². The van der Waals surface area contributed by atoms with Gasteiger partial charge in [0, 0.05) is 32.9 Å². The lowest BCUT2D eigenvalue weighted by Gasteiger charge is -2.19. The Balaban J connectivity index is 2.03. The molecule has 0 aliphatic carbocycles. The minimum Gasteiger partial charge on any atom is -0.356 e. The first-order valence-electron chi connectivity index (χ1n) is 8.79. The number of benzene rings is 1. The van der Waals surface area contributed by atoms with Gasteiger partial charge >= 0.3 is 0 Å². The molecule has 0 saturated heterocycles. The van der Waals surface area contributed by atoms with Crippen molar-refractivity contribution < 1.29 is 17.3 Å². The molecule has 0 atom stereocenters. The molecule has 8 nitrogen and oxygen atoms in total. The van der Waals surface area contributed by atoms with Gasteiger partial charge < -0.3 is 9.42 Å². The SMILES string of the molecule is Cc1noc(-c2cnc(N(C)C)nc2CN(C)S(=O)(=O)c2ccc(F)cc2)c1C. The van der Waals surface area contributed by atoms with Gasteiger partial charge in [-0.2, -0.15) is 4.31 Å². The van der Waals surface area contributed by atoms with E-state index in [-0.39, 0.29) is 11.4 Å². The third kappa shape index (κ3) is 4.13. The van der Waals surface area contributed by atoms with Crippen molar-refractivity contribution in [2.45, 2.75) is 25.3 Å². The van der Waals surface area contributed by atoms with Gasteiger partial charge in [0.2, 0.25) is 16.0 Å². The molecule has 0 aliphatic heterocycles. The second-order valence-corrected chi connectivity index (χ2v) is 8.91. The highest BCUT2D eigenvalue weighted by Gasteiger charge is 2.25. The Hall–Kier alpha value is -2.85. The van der Waals surface area contributed by atoms with Crippen LogP contribution in [0.25, 0.3) is 11.3 Å². The van der Waals surface area contributed by atoms with E-state index in [1.807, 2.05) is 13.8 Å². The van der Waals surface area contributed by atoms with Crippen LogP contribution in [0, 0.1) is 19.7 Å². The standard InChI is InChI=1S/C19H22FN5O3S/c1-12-13(2)23-28-18(12)16-10-21-19(24(3)4)22-17(16)11-25(5)29(26,27)15-8-6-14(20)7-9-15/h6-10H,11H2,1-5H3. The summed E-state index contributed by atoms with van der Waals surface area (Å²) in [5.74, 6) is 0.428. The predicted octanol–water partition coefficient (Wildman–Crippen LogP) is 2.77. The van der Waals surface area contributed by atoms with E-state index in [4.69, 9.17) is 4.52 Å². The van der Waals surface area contributed by atoms with Gasteiger partial charge in [0.15, 0.2) is 5.76 Å². The van der Waals surface area contributed by atoms with E-state index < -0.39 is 15.8 Å². The Morgan fingerprint density at radius 1 is 1.10 bits per heavy atom. The van der Waals surface area contributed by atoms with E-state index in [0.29, 0.717) is 23.0 Å². The molecule has 0 aliphatic rings. The van der Waals surface area contributed by atoms with Crippen molar-refractivity contribution in [3.8, 4) is 11.3 Å². The molecule has 154 valence electrons. The first-order chi connectivity index (χ1) is 13.6. The zero-order valence-electron chi connectivity index (χ0n) is 16.8. The first-order valence-corrected chi connectivity index (χ1v) is 10.2. The highest BCUT2D eigenvalue weighted by Crippen LogP contribution is 2.29. The van der Waals surface area contributed by atoms with Crippen molar-refractivity contribution in [2.24, 2.45) is 0 Å². The molecule has 29 heavy (non-hydrogen) atoms. The summed E-state index contributed by atoms with van der Waals surface area (Å²) >= 11 is 0. The Morgan fingerprint density at radius 3 is 2.31 bits per heavy atom. The van der Waals surface area contributed by atoms with Crippen LogP contribution < -0.4 is 4.90 Å².